The number of thiazole rings is 2. The molecule has 0 saturated carbocycles. The minimum Gasteiger partial charge on any atom is -0.347 e. The van der Waals surface area contributed by atoms with Crippen LogP contribution >= 0.6 is 22.7 Å². The number of nitrogens with zero attached hydrogens (tertiary/aromatic N) is 4. The third kappa shape index (κ3) is 3.39. The molecule has 120 valence electrons. The van der Waals surface area contributed by atoms with Crippen molar-refractivity contribution >= 4 is 38.0 Å². The van der Waals surface area contributed by atoms with E-state index in [9.17, 15) is 0 Å². The second-order valence-corrected chi connectivity index (χ2v) is 8.01. The first-order valence-electron chi connectivity index (χ1n) is 8.02. The standard InChI is InChI=1S/C17H20N4S2/c1-13-18-14(12-22-13)11-20-7-4-8-21(10-9-20)17-19-15-5-2-3-6-16(15)23-17/h2-3,5-6,12H,4,7-11H2,1H3. The van der Waals surface area contributed by atoms with Gasteiger partial charge in [0.1, 0.15) is 0 Å². The third-order valence-corrected chi connectivity index (χ3v) is 6.11. The lowest BCUT2D eigenvalue weighted by Crippen LogP contribution is -2.30. The summed E-state index contributed by atoms with van der Waals surface area (Å²) < 4.78 is 1.28. The first-order valence-corrected chi connectivity index (χ1v) is 9.71. The van der Waals surface area contributed by atoms with Gasteiger partial charge in [-0.2, -0.15) is 0 Å². The number of anilines is 1. The summed E-state index contributed by atoms with van der Waals surface area (Å²) in [5.74, 6) is 0. The van der Waals surface area contributed by atoms with Gasteiger partial charge in [0.15, 0.2) is 5.13 Å². The van der Waals surface area contributed by atoms with Gasteiger partial charge in [-0.25, -0.2) is 9.97 Å². The maximum Gasteiger partial charge on any atom is 0.186 e. The van der Waals surface area contributed by atoms with E-state index in [0.717, 1.165) is 48.4 Å². The molecule has 2 aromatic heterocycles. The molecule has 1 saturated heterocycles. The van der Waals surface area contributed by atoms with Gasteiger partial charge < -0.3 is 4.90 Å². The zero-order valence-corrected chi connectivity index (χ0v) is 14.9. The van der Waals surface area contributed by atoms with Crippen LogP contribution in [0, 0.1) is 6.92 Å². The van der Waals surface area contributed by atoms with Gasteiger partial charge in [-0.3, -0.25) is 4.90 Å². The number of aromatic nitrogens is 2. The molecule has 0 radical (unpaired) electrons. The normalized spacial score (nSPS) is 16.8. The van der Waals surface area contributed by atoms with Gasteiger partial charge >= 0.3 is 0 Å². The van der Waals surface area contributed by atoms with E-state index in [0.29, 0.717) is 0 Å². The van der Waals surface area contributed by atoms with E-state index in [4.69, 9.17) is 4.98 Å². The van der Waals surface area contributed by atoms with Crippen molar-refractivity contribution in [2.24, 2.45) is 0 Å². The molecule has 3 aromatic rings. The van der Waals surface area contributed by atoms with Crippen LogP contribution in [0.25, 0.3) is 10.2 Å². The fraction of sp³-hybridized carbons (Fsp3) is 0.412. The lowest BCUT2D eigenvalue weighted by atomic mass is 10.3. The molecule has 1 aliphatic heterocycles. The van der Waals surface area contributed by atoms with Crippen LogP contribution in [0.15, 0.2) is 29.6 Å². The zero-order chi connectivity index (χ0) is 15.6. The van der Waals surface area contributed by atoms with Gasteiger partial charge in [0.05, 0.1) is 20.9 Å². The Morgan fingerprint density at radius 2 is 2.00 bits per heavy atom. The molecule has 1 aromatic carbocycles. The van der Waals surface area contributed by atoms with Gasteiger partial charge in [0, 0.05) is 38.1 Å². The largest absolute Gasteiger partial charge is 0.347 e. The van der Waals surface area contributed by atoms with Crippen LogP contribution < -0.4 is 4.90 Å². The van der Waals surface area contributed by atoms with Gasteiger partial charge in [-0.1, -0.05) is 23.5 Å². The molecule has 3 heterocycles. The molecule has 0 N–H and O–H groups in total. The van der Waals surface area contributed by atoms with Gasteiger partial charge in [-0.15, -0.1) is 11.3 Å². The fourth-order valence-electron chi connectivity index (χ4n) is 3.03. The van der Waals surface area contributed by atoms with Crippen molar-refractivity contribution in [3.8, 4) is 0 Å². The third-order valence-electron chi connectivity index (χ3n) is 4.19. The predicted octanol–water partition coefficient (Wildman–Crippen LogP) is 3.77. The van der Waals surface area contributed by atoms with E-state index in [2.05, 4.69) is 51.4 Å². The molecule has 1 fully saturated rings. The summed E-state index contributed by atoms with van der Waals surface area (Å²) in [5, 5.41) is 4.51. The minimum atomic E-state index is 0.970. The number of fused-ring (bicyclic) bond motifs is 1. The summed E-state index contributed by atoms with van der Waals surface area (Å²) in [7, 11) is 0. The van der Waals surface area contributed by atoms with E-state index >= 15 is 0 Å². The van der Waals surface area contributed by atoms with Crippen LogP contribution in [-0.4, -0.2) is 41.0 Å². The summed E-state index contributed by atoms with van der Waals surface area (Å²) >= 11 is 3.55. The number of hydrogen-bond donors (Lipinski definition) is 0. The topological polar surface area (TPSA) is 32.3 Å². The van der Waals surface area contributed by atoms with Crippen LogP contribution in [0.3, 0.4) is 0 Å². The lowest BCUT2D eigenvalue weighted by molar-refractivity contribution is 0.282. The molecule has 4 rings (SSSR count). The Bertz CT molecular complexity index is 762. The molecule has 0 aliphatic carbocycles. The van der Waals surface area contributed by atoms with Crippen molar-refractivity contribution in [3.63, 3.8) is 0 Å². The van der Waals surface area contributed by atoms with E-state index < -0.39 is 0 Å². The molecular weight excluding hydrogens is 324 g/mol. The van der Waals surface area contributed by atoms with Crippen molar-refractivity contribution in [2.45, 2.75) is 19.9 Å². The first-order chi connectivity index (χ1) is 11.3. The maximum atomic E-state index is 4.81. The molecule has 0 bridgehead atoms. The molecule has 23 heavy (non-hydrogen) atoms. The van der Waals surface area contributed by atoms with Crippen LogP contribution in [0.2, 0.25) is 0 Å². The number of rotatable bonds is 3. The molecule has 0 amide bonds. The number of hydrogen-bond acceptors (Lipinski definition) is 6. The molecule has 1 aliphatic rings. The highest BCUT2D eigenvalue weighted by atomic mass is 32.1. The second kappa shape index (κ2) is 6.55. The SMILES string of the molecule is Cc1nc(CN2CCCN(c3nc4ccccc4s3)CC2)cs1. The smallest absolute Gasteiger partial charge is 0.186 e. The minimum absolute atomic E-state index is 0.970. The first kappa shape index (κ1) is 15.1. The average Bonchev–Trinajstić information content (AvgIpc) is 3.08. The molecule has 4 nitrogen and oxygen atoms in total. The van der Waals surface area contributed by atoms with Crippen molar-refractivity contribution < 1.29 is 0 Å². The van der Waals surface area contributed by atoms with Crippen molar-refractivity contribution in [2.75, 3.05) is 31.1 Å². The predicted molar refractivity (Wildman–Crippen MR) is 98.6 cm³/mol. The Labute approximate surface area is 144 Å². The Hall–Kier alpha value is -1.50. The van der Waals surface area contributed by atoms with Crippen LogP contribution in [0.1, 0.15) is 17.1 Å². The Morgan fingerprint density at radius 1 is 1.09 bits per heavy atom. The van der Waals surface area contributed by atoms with E-state index in [1.807, 2.05) is 11.3 Å². The zero-order valence-electron chi connectivity index (χ0n) is 13.2. The van der Waals surface area contributed by atoms with Crippen LogP contribution in [0.4, 0.5) is 5.13 Å². The Morgan fingerprint density at radius 3 is 2.83 bits per heavy atom. The quantitative estimate of drug-likeness (QED) is 0.724. The van der Waals surface area contributed by atoms with Gasteiger partial charge in [0.25, 0.3) is 0 Å². The summed E-state index contributed by atoms with van der Waals surface area (Å²) in [6, 6.07) is 8.41. The highest BCUT2D eigenvalue weighted by Gasteiger charge is 2.18. The summed E-state index contributed by atoms with van der Waals surface area (Å²) in [4.78, 5) is 14.4. The number of benzene rings is 1. The van der Waals surface area contributed by atoms with E-state index in [-0.39, 0.29) is 0 Å². The molecule has 0 atom stereocenters. The maximum absolute atomic E-state index is 4.81. The fourth-order valence-corrected chi connectivity index (χ4v) is 4.65. The number of aryl methyl sites for hydroxylation is 1. The van der Waals surface area contributed by atoms with Crippen molar-refractivity contribution in [3.05, 3.63) is 40.3 Å². The highest BCUT2D eigenvalue weighted by molar-refractivity contribution is 7.22. The Balaban J connectivity index is 1.44. The van der Waals surface area contributed by atoms with E-state index in [1.165, 1.54) is 16.8 Å². The molecule has 0 spiro atoms. The highest BCUT2D eigenvalue weighted by Crippen LogP contribution is 2.29. The van der Waals surface area contributed by atoms with Gasteiger partial charge in [0.2, 0.25) is 0 Å². The van der Waals surface area contributed by atoms with Crippen LogP contribution in [-0.2, 0) is 6.54 Å². The molecule has 0 unspecified atom stereocenters. The number of para-hydroxylation sites is 1. The summed E-state index contributed by atoms with van der Waals surface area (Å²) in [5.41, 5.74) is 2.33. The molecule has 6 heteroatoms. The van der Waals surface area contributed by atoms with Crippen molar-refractivity contribution in [1.29, 1.82) is 0 Å². The Kier molecular flexibility index (Phi) is 4.29. The summed E-state index contributed by atoms with van der Waals surface area (Å²) in [6.07, 6.45) is 1.18. The van der Waals surface area contributed by atoms with Crippen LogP contribution in [0.5, 0.6) is 0 Å². The van der Waals surface area contributed by atoms with E-state index in [1.54, 1.807) is 11.3 Å². The molecular formula is C17H20N4S2. The lowest BCUT2D eigenvalue weighted by Gasteiger charge is -2.20. The second-order valence-electron chi connectivity index (χ2n) is 5.94. The van der Waals surface area contributed by atoms with Gasteiger partial charge in [-0.05, 0) is 25.5 Å². The monoisotopic (exact) mass is 344 g/mol. The van der Waals surface area contributed by atoms with Crippen molar-refractivity contribution in [1.82, 2.24) is 14.9 Å². The summed E-state index contributed by atoms with van der Waals surface area (Å²) in [6.45, 7) is 7.39. The average molecular weight is 345 g/mol.